The zero-order valence-corrected chi connectivity index (χ0v) is 9.02. The molecule has 0 radical (unpaired) electrons. The summed E-state index contributed by atoms with van der Waals surface area (Å²) in [6, 6.07) is 0. The SMILES string of the molecule is CCC(C)(CC)NC(=O)CCCN. The molecule has 0 aliphatic carbocycles. The van der Waals surface area contributed by atoms with Gasteiger partial charge >= 0.3 is 0 Å². The maximum atomic E-state index is 11.4. The molecule has 0 bridgehead atoms. The van der Waals surface area contributed by atoms with E-state index in [1.165, 1.54) is 0 Å². The first-order chi connectivity index (χ1) is 6.08. The van der Waals surface area contributed by atoms with Crippen LogP contribution in [-0.2, 0) is 4.79 Å². The number of carbonyl (C=O) groups is 1. The summed E-state index contributed by atoms with van der Waals surface area (Å²) < 4.78 is 0. The van der Waals surface area contributed by atoms with Gasteiger partial charge in [0.15, 0.2) is 0 Å². The van der Waals surface area contributed by atoms with Crippen molar-refractivity contribution in [3.63, 3.8) is 0 Å². The Hall–Kier alpha value is -0.570. The van der Waals surface area contributed by atoms with E-state index in [1.54, 1.807) is 0 Å². The fourth-order valence-electron chi connectivity index (χ4n) is 1.09. The van der Waals surface area contributed by atoms with Crippen LogP contribution in [0.1, 0.15) is 46.5 Å². The quantitative estimate of drug-likeness (QED) is 0.659. The van der Waals surface area contributed by atoms with Crippen LogP contribution in [0.15, 0.2) is 0 Å². The summed E-state index contributed by atoms with van der Waals surface area (Å²) in [6.45, 7) is 6.84. The Bertz CT molecular complexity index is 153. The number of amides is 1. The summed E-state index contributed by atoms with van der Waals surface area (Å²) in [5.74, 6) is 0.122. The molecule has 78 valence electrons. The lowest BCUT2D eigenvalue weighted by Gasteiger charge is -2.28. The van der Waals surface area contributed by atoms with E-state index in [4.69, 9.17) is 5.73 Å². The third-order valence-corrected chi connectivity index (χ3v) is 2.61. The largest absolute Gasteiger partial charge is 0.351 e. The van der Waals surface area contributed by atoms with Crippen molar-refractivity contribution in [1.82, 2.24) is 5.32 Å². The molecule has 0 spiro atoms. The standard InChI is InChI=1S/C10H22N2O/c1-4-10(3,5-2)12-9(13)7-6-8-11/h4-8,11H2,1-3H3,(H,12,13). The number of hydrogen-bond acceptors (Lipinski definition) is 2. The van der Waals surface area contributed by atoms with Gasteiger partial charge in [-0.1, -0.05) is 13.8 Å². The van der Waals surface area contributed by atoms with Crippen LogP contribution in [0.4, 0.5) is 0 Å². The number of carbonyl (C=O) groups excluding carboxylic acids is 1. The van der Waals surface area contributed by atoms with E-state index in [1.807, 2.05) is 0 Å². The Labute approximate surface area is 81.1 Å². The Morgan fingerprint density at radius 2 is 1.92 bits per heavy atom. The molecule has 0 saturated heterocycles. The molecule has 3 N–H and O–H groups in total. The monoisotopic (exact) mass is 186 g/mol. The first-order valence-corrected chi connectivity index (χ1v) is 5.09. The van der Waals surface area contributed by atoms with Crippen molar-refractivity contribution in [3.8, 4) is 0 Å². The van der Waals surface area contributed by atoms with E-state index in [0.717, 1.165) is 19.3 Å². The number of rotatable bonds is 6. The van der Waals surface area contributed by atoms with Crippen molar-refractivity contribution in [3.05, 3.63) is 0 Å². The van der Waals surface area contributed by atoms with Crippen molar-refractivity contribution in [2.24, 2.45) is 5.73 Å². The molecule has 0 heterocycles. The number of nitrogens with two attached hydrogens (primary N) is 1. The van der Waals surface area contributed by atoms with E-state index in [0.29, 0.717) is 13.0 Å². The fraction of sp³-hybridized carbons (Fsp3) is 0.900. The molecule has 0 unspecified atom stereocenters. The summed E-state index contributed by atoms with van der Waals surface area (Å²) in [4.78, 5) is 11.4. The topological polar surface area (TPSA) is 55.1 Å². The predicted molar refractivity (Wildman–Crippen MR) is 55.4 cm³/mol. The molecule has 0 aliphatic rings. The minimum Gasteiger partial charge on any atom is -0.351 e. The molecule has 3 heteroatoms. The van der Waals surface area contributed by atoms with Gasteiger partial charge in [-0.25, -0.2) is 0 Å². The molecule has 0 aromatic rings. The van der Waals surface area contributed by atoms with Crippen molar-refractivity contribution >= 4 is 5.91 Å². The highest BCUT2D eigenvalue weighted by atomic mass is 16.1. The highest BCUT2D eigenvalue weighted by molar-refractivity contribution is 5.76. The molecule has 0 aromatic heterocycles. The van der Waals surface area contributed by atoms with Gasteiger partial charge < -0.3 is 11.1 Å². The van der Waals surface area contributed by atoms with Crippen molar-refractivity contribution in [2.75, 3.05) is 6.54 Å². The Morgan fingerprint density at radius 1 is 1.38 bits per heavy atom. The van der Waals surface area contributed by atoms with Gasteiger partial charge in [-0.05, 0) is 32.7 Å². The van der Waals surface area contributed by atoms with Gasteiger partial charge in [0.05, 0.1) is 0 Å². The minimum absolute atomic E-state index is 0.0360. The highest BCUT2D eigenvalue weighted by Crippen LogP contribution is 2.13. The molecule has 0 rings (SSSR count). The maximum Gasteiger partial charge on any atom is 0.220 e. The zero-order valence-electron chi connectivity index (χ0n) is 9.02. The molecular weight excluding hydrogens is 164 g/mol. The number of hydrogen-bond donors (Lipinski definition) is 2. The summed E-state index contributed by atoms with van der Waals surface area (Å²) in [7, 11) is 0. The molecular formula is C10H22N2O. The smallest absolute Gasteiger partial charge is 0.220 e. The van der Waals surface area contributed by atoms with Gasteiger partial charge in [0, 0.05) is 12.0 Å². The minimum atomic E-state index is -0.0360. The van der Waals surface area contributed by atoms with E-state index in [9.17, 15) is 4.79 Å². The molecule has 0 fully saturated rings. The molecule has 0 atom stereocenters. The van der Waals surface area contributed by atoms with Gasteiger partial charge in [0.25, 0.3) is 0 Å². The van der Waals surface area contributed by atoms with Crippen molar-refractivity contribution in [2.45, 2.75) is 52.0 Å². The first kappa shape index (κ1) is 12.4. The molecule has 0 saturated carbocycles. The average Bonchev–Trinajstić information content (AvgIpc) is 2.14. The average molecular weight is 186 g/mol. The van der Waals surface area contributed by atoms with Crippen LogP contribution in [0.2, 0.25) is 0 Å². The lowest BCUT2D eigenvalue weighted by Crippen LogP contribution is -2.44. The molecule has 1 amide bonds. The van der Waals surface area contributed by atoms with Gasteiger partial charge in [-0.2, -0.15) is 0 Å². The zero-order chi connectivity index (χ0) is 10.3. The molecule has 3 nitrogen and oxygen atoms in total. The van der Waals surface area contributed by atoms with Crippen LogP contribution >= 0.6 is 0 Å². The lowest BCUT2D eigenvalue weighted by molar-refractivity contribution is -0.123. The first-order valence-electron chi connectivity index (χ1n) is 5.09. The lowest BCUT2D eigenvalue weighted by atomic mass is 9.95. The van der Waals surface area contributed by atoms with Crippen LogP contribution in [-0.4, -0.2) is 18.0 Å². The highest BCUT2D eigenvalue weighted by Gasteiger charge is 2.20. The van der Waals surface area contributed by atoms with Gasteiger partial charge in [-0.3, -0.25) is 4.79 Å². The Balaban J connectivity index is 3.87. The van der Waals surface area contributed by atoms with E-state index >= 15 is 0 Å². The maximum absolute atomic E-state index is 11.4. The third kappa shape index (κ3) is 4.88. The molecule has 0 aromatic carbocycles. The fourth-order valence-corrected chi connectivity index (χ4v) is 1.09. The van der Waals surface area contributed by atoms with Crippen LogP contribution in [0.5, 0.6) is 0 Å². The van der Waals surface area contributed by atoms with E-state index in [-0.39, 0.29) is 11.4 Å². The normalized spacial score (nSPS) is 11.4. The molecule has 0 aliphatic heterocycles. The third-order valence-electron chi connectivity index (χ3n) is 2.61. The summed E-state index contributed by atoms with van der Waals surface area (Å²) in [5.41, 5.74) is 5.29. The second kappa shape index (κ2) is 5.97. The summed E-state index contributed by atoms with van der Waals surface area (Å²) >= 11 is 0. The second-order valence-corrected chi connectivity index (χ2v) is 3.71. The van der Waals surface area contributed by atoms with Crippen LogP contribution in [0, 0.1) is 0 Å². The van der Waals surface area contributed by atoms with Gasteiger partial charge in [-0.15, -0.1) is 0 Å². The van der Waals surface area contributed by atoms with Gasteiger partial charge in [0.2, 0.25) is 5.91 Å². The second-order valence-electron chi connectivity index (χ2n) is 3.71. The van der Waals surface area contributed by atoms with Gasteiger partial charge in [0.1, 0.15) is 0 Å². The molecule has 13 heavy (non-hydrogen) atoms. The van der Waals surface area contributed by atoms with Crippen LogP contribution in [0.25, 0.3) is 0 Å². The Morgan fingerprint density at radius 3 is 2.31 bits per heavy atom. The Kier molecular flexibility index (Phi) is 5.71. The van der Waals surface area contributed by atoms with Crippen LogP contribution < -0.4 is 11.1 Å². The summed E-state index contributed by atoms with van der Waals surface area (Å²) in [6.07, 6.45) is 3.26. The number of nitrogens with one attached hydrogen (secondary N) is 1. The van der Waals surface area contributed by atoms with Crippen molar-refractivity contribution in [1.29, 1.82) is 0 Å². The van der Waals surface area contributed by atoms with E-state index < -0.39 is 0 Å². The predicted octanol–water partition coefficient (Wildman–Crippen LogP) is 1.42. The summed E-state index contributed by atoms with van der Waals surface area (Å²) in [5, 5.41) is 3.03. The van der Waals surface area contributed by atoms with E-state index in [2.05, 4.69) is 26.1 Å². The van der Waals surface area contributed by atoms with Crippen molar-refractivity contribution < 1.29 is 4.79 Å². The van der Waals surface area contributed by atoms with Crippen LogP contribution in [0.3, 0.4) is 0 Å².